The van der Waals surface area contributed by atoms with Crippen LogP contribution in [0, 0.1) is 6.92 Å². The molecule has 0 unspecified atom stereocenters. The molecule has 130 valence electrons. The van der Waals surface area contributed by atoms with Gasteiger partial charge in [-0.1, -0.05) is 77.2 Å². The van der Waals surface area contributed by atoms with E-state index in [1.54, 1.807) is 4.52 Å². The van der Waals surface area contributed by atoms with Gasteiger partial charge in [-0.15, -0.1) is 10.2 Å². The van der Waals surface area contributed by atoms with Gasteiger partial charge in [0, 0.05) is 17.5 Å². The van der Waals surface area contributed by atoms with E-state index in [-0.39, 0.29) is 0 Å². The Kier molecular flexibility index (Phi) is 4.70. The first kappa shape index (κ1) is 16.4. The van der Waals surface area contributed by atoms with Gasteiger partial charge >= 0.3 is 0 Å². The fourth-order valence-corrected chi connectivity index (χ4v) is 3.32. The van der Waals surface area contributed by atoms with E-state index in [2.05, 4.69) is 20.5 Å². The van der Waals surface area contributed by atoms with Crippen molar-refractivity contribution in [2.45, 2.75) is 13.3 Å². The third-order valence-electron chi connectivity index (χ3n) is 3.82. The lowest BCUT2D eigenvalue weighted by molar-refractivity contribution is 0.146. The van der Waals surface area contributed by atoms with Crippen molar-refractivity contribution < 1.29 is 4.84 Å². The summed E-state index contributed by atoms with van der Waals surface area (Å²) in [6.45, 7) is 2.36. The lowest BCUT2D eigenvalue weighted by Crippen LogP contribution is -2.06. The molecule has 26 heavy (non-hydrogen) atoms. The Balaban J connectivity index is 1.50. The van der Waals surface area contributed by atoms with Gasteiger partial charge in [0.25, 0.3) is 0 Å². The van der Waals surface area contributed by atoms with E-state index in [4.69, 9.17) is 4.84 Å². The van der Waals surface area contributed by atoms with Gasteiger partial charge in [-0.05, 0) is 6.92 Å². The van der Waals surface area contributed by atoms with E-state index >= 15 is 0 Å². The fourth-order valence-electron chi connectivity index (χ4n) is 2.62. The van der Waals surface area contributed by atoms with Crippen LogP contribution in [0.25, 0.3) is 4.96 Å². The zero-order valence-electron chi connectivity index (χ0n) is 14.2. The Bertz CT molecular complexity index is 982. The number of aromatic nitrogens is 4. The van der Waals surface area contributed by atoms with E-state index in [9.17, 15) is 0 Å². The number of oxime groups is 1. The van der Waals surface area contributed by atoms with Gasteiger partial charge in [0.05, 0.1) is 0 Å². The molecule has 0 spiro atoms. The molecule has 2 aromatic heterocycles. The molecule has 0 bridgehead atoms. The summed E-state index contributed by atoms with van der Waals surface area (Å²) >= 11 is 1.52. The molecule has 0 aliphatic rings. The van der Waals surface area contributed by atoms with E-state index < -0.39 is 0 Å². The van der Waals surface area contributed by atoms with Crippen LogP contribution in [0.5, 0.6) is 0 Å². The summed E-state index contributed by atoms with van der Waals surface area (Å²) < 4.78 is 1.77. The van der Waals surface area contributed by atoms with Crippen molar-refractivity contribution in [2.24, 2.45) is 5.16 Å². The smallest absolute Gasteiger partial charge is 0.234 e. The zero-order valence-corrected chi connectivity index (χ0v) is 15.1. The average molecular weight is 363 g/mol. The summed E-state index contributed by atoms with van der Waals surface area (Å²) in [4.78, 5) is 6.42. The zero-order chi connectivity index (χ0) is 17.8. The maximum Gasteiger partial charge on any atom is 0.234 e. The molecule has 2 aromatic carbocycles. The number of aryl methyl sites for hydroxylation is 1. The predicted molar refractivity (Wildman–Crippen MR) is 102 cm³/mol. The van der Waals surface area contributed by atoms with Crippen LogP contribution in [-0.4, -0.2) is 32.1 Å². The lowest BCUT2D eigenvalue weighted by Gasteiger charge is -2.07. The predicted octanol–water partition coefficient (Wildman–Crippen LogP) is 3.51. The van der Waals surface area contributed by atoms with Crippen molar-refractivity contribution in [2.75, 3.05) is 6.61 Å². The van der Waals surface area contributed by atoms with Crippen molar-refractivity contribution in [1.82, 2.24) is 19.8 Å². The number of nitrogens with zero attached hydrogens (tertiary/aromatic N) is 5. The van der Waals surface area contributed by atoms with Crippen LogP contribution in [0.4, 0.5) is 0 Å². The summed E-state index contributed by atoms with van der Waals surface area (Å²) in [5.74, 6) is 0.778. The van der Waals surface area contributed by atoms with Gasteiger partial charge in [-0.2, -0.15) is 9.61 Å². The van der Waals surface area contributed by atoms with Crippen LogP contribution in [0.15, 0.2) is 65.8 Å². The minimum Gasteiger partial charge on any atom is -0.395 e. The molecule has 4 aromatic rings. The number of rotatable bonds is 6. The molecule has 0 aliphatic heterocycles. The Labute approximate surface area is 154 Å². The fraction of sp³-hybridized carbons (Fsp3) is 0.158. The molecule has 0 radical (unpaired) electrons. The quantitative estimate of drug-likeness (QED) is 0.299. The van der Waals surface area contributed by atoms with Gasteiger partial charge in [0.2, 0.25) is 4.96 Å². The third-order valence-corrected chi connectivity index (χ3v) is 4.64. The van der Waals surface area contributed by atoms with Gasteiger partial charge in [0.15, 0.2) is 5.82 Å². The van der Waals surface area contributed by atoms with Crippen LogP contribution < -0.4 is 0 Å². The molecule has 0 atom stereocenters. The number of benzene rings is 2. The van der Waals surface area contributed by atoms with Gasteiger partial charge in [-0.25, -0.2) is 0 Å². The molecule has 0 saturated heterocycles. The van der Waals surface area contributed by atoms with E-state index in [0.29, 0.717) is 13.0 Å². The van der Waals surface area contributed by atoms with Crippen molar-refractivity contribution in [1.29, 1.82) is 0 Å². The summed E-state index contributed by atoms with van der Waals surface area (Å²) in [5, 5.41) is 18.0. The summed E-state index contributed by atoms with van der Waals surface area (Å²) in [6.07, 6.45) is 0.588. The molecule has 2 heterocycles. The van der Waals surface area contributed by atoms with Gasteiger partial charge in [-0.3, -0.25) is 0 Å². The highest BCUT2D eigenvalue weighted by molar-refractivity contribution is 7.16. The highest BCUT2D eigenvalue weighted by Crippen LogP contribution is 2.14. The molecule has 7 heteroatoms. The second kappa shape index (κ2) is 7.45. The monoisotopic (exact) mass is 363 g/mol. The number of hydrogen-bond acceptors (Lipinski definition) is 6. The Hall–Kier alpha value is -3.06. The second-order valence-corrected chi connectivity index (χ2v) is 6.85. The summed E-state index contributed by atoms with van der Waals surface area (Å²) in [7, 11) is 0. The summed E-state index contributed by atoms with van der Waals surface area (Å²) in [5.41, 5.74) is 2.83. The SMILES string of the molecule is Cc1nn2c(CCON=C(c3ccccc3)c3ccccc3)nnc2s1. The maximum absolute atomic E-state index is 5.62. The van der Waals surface area contributed by atoms with E-state index in [1.165, 1.54) is 11.3 Å². The van der Waals surface area contributed by atoms with Crippen LogP contribution in [0.1, 0.15) is 22.0 Å². The highest BCUT2D eigenvalue weighted by atomic mass is 32.1. The normalized spacial score (nSPS) is 10.8. The van der Waals surface area contributed by atoms with Gasteiger partial charge in [0.1, 0.15) is 17.3 Å². The molecule has 0 fully saturated rings. The highest BCUT2D eigenvalue weighted by Gasteiger charge is 2.10. The van der Waals surface area contributed by atoms with Crippen molar-refractivity contribution >= 4 is 22.0 Å². The largest absolute Gasteiger partial charge is 0.395 e. The van der Waals surface area contributed by atoms with Crippen molar-refractivity contribution in [3.63, 3.8) is 0 Å². The second-order valence-electron chi connectivity index (χ2n) is 5.69. The molecule has 0 amide bonds. The van der Waals surface area contributed by atoms with Gasteiger partial charge < -0.3 is 4.84 Å². The van der Waals surface area contributed by atoms with Crippen molar-refractivity contribution in [3.05, 3.63) is 82.6 Å². The van der Waals surface area contributed by atoms with Crippen molar-refractivity contribution in [3.8, 4) is 0 Å². The lowest BCUT2D eigenvalue weighted by atomic mass is 10.0. The molecule has 6 nitrogen and oxygen atoms in total. The Morgan fingerprint density at radius 2 is 1.65 bits per heavy atom. The average Bonchev–Trinajstić information content (AvgIpc) is 3.23. The molecule has 0 saturated carbocycles. The van der Waals surface area contributed by atoms with Crippen LogP contribution in [-0.2, 0) is 11.3 Å². The van der Waals surface area contributed by atoms with Crippen LogP contribution in [0.2, 0.25) is 0 Å². The Morgan fingerprint density at radius 3 is 2.31 bits per heavy atom. The maximum atomic E-state index is 5.62. The molecule has 0 N–H and O–H groups in total. The van der Waals surface area contributed by atoms with Crippen LogP contribution in [0.3, 0.4) is 0 Å². The van der Waals surface area contributed by atoms with E-state index in [1.807, 2.05) is 67.6 Å². The number of hydrogen-bond donors (Lipinski definition) is 0. The number of fused-ring (bicyclic) bond motifs is 1. The molecular weight excluding hydrogens is 346 g/mol. The third kappa shape index (κ3) is 3.48. The minimum atomic E-state index is 0.403. The standard InChI is InChI=1S/C19H17N5OS/c1-14-22-24-17(20-21-19(24)26-14)12-13-25-23-18(15-8-4-2-5-9-15)16-10-6-3-7-11-16/h2-11H,12-13H2,1H3. The summed E-state index contributed by atoms with van der Waals surface area (Å²) in [6, 6.07) is 20.0. The topological polar surface area (TPSA) is 64.7 Å². The molecule has 4 rings (SSSR count). The first-order chi connectivity index (χ1) is 12.8. The first-order valence-electron chi connectivity index (χ1n) is 8.30. The first-order valence-corrected chi connectivity index (χ1v) is 9.11. The van der Waals surface area contributed by atoms with E-state index in [0.717, 1.165) is 32.6 Å². The molecule has 0 aliphatic carbocycles. The molecular formula is C19H17N5OS. The van der Waals surface area contributed by atoms with Crippen LogP contribution >= 0.6 is 11.3 Å². The Morgan fingerprint density at radius 1 is 1.00 bits per heavy atom. The minimum absolute atomic E-state index is 0.403.